The van der Waals surface area contributed by atoms with Crippen molar-refractivity contribution >= 4 is 16.4 Å². The van der Waals surface area contributed by atoms with Crippen molar-refractivity contribution in [3.63, 3.8) is 0 Å². The molecule has 0 aliphatic heterocycles. The van der Waals surface area contributed by atoms with Gasteiger partial charge in [0.2, 0.25) is 0 Å². The molecule has 0 saturated heterocycles. The lowest BCUT2D eigenvalue weighted by Gasteiger charge is -2.29. The minimum absolute atomic E-state index is 0.112. The fourth-order valence-electron chi connectivity index (χ4n) is 3.77. The minimum Gasteiger partial charge on any atom is -0.496 e. The second kappa shape index (κ2) is 12.3. The highest BCUT2D eigenvalue weighted by molar-refractivity contribution is 7.80. The van der Waals surface area contributed by atoms with Crippen LogP contribution in [0.1, 0.15) is 53.4 Å². The number of hydrogen-bond donors (Lipinski definition) is 2. The number of esters is 1. The van der Waals surface area contributed by atoms with Gasteiger partial charge in [-0.3, -0.25) is 4.55 Å². The largest absolute Gasteiger partial charge is 0.496 e. The summed E-state index contributed by atoms with van der Waals surface area (Å²) in [6.07, 6.45) is 0.483. The molecule has 37 heavy (non-hydrogen) atoms. The van der Waals surface area contributed by atoms with Gasteiger partial charge in [-0.1, -0.05) is 48.0 Å². The van der Waals surface area contributed by atoms with Gasteiger partial charge in [-0.05, 0) is 75.1 Å². The van der Waals surface area contributed by atoms with Crippen LogP contribution in [0.3, 0.4) is 0 Å². The van der Waals surface area contributed by atoms with Crippen LogP contribution in [0.25, 0.3) is 0 Å². The average molecular weight is 528 g/mol. The van der Waals surface area contributed by atoms with Crippen molar-refractivity contribution in [2.45, 2.75) is 45.3 Å². The summed E-state index contributed by atoms with van der Waals surface area (Å²) in [6.45, 7) is 6.04. The SMILES string of the molecule is COc1ccccc1CCC(C)(C)NCC(OS(=O)(=O)O)c1ccc(OC(=O)c2ccc(C)cc2)cc1. The number of nitrogens with one attached hydrogen (secondary N) is 1. The van der Waals surface area contributed by atoms with E-state index in [4.69, 9.17) is 13.7 Å². The number of rotatable bonds is 12. The summed E-state index contributed by atoms with van der Waals surface area (Å²) in [6, 6.07) is 21.1. The van der Waals surface area contributed by atoms with Gasteiger partial charge < -0.3 is 14.8 Å². The molecule has 0 bridgehead atoms. The summed E-state index contributed by atoms with van der Waals surface area (Å²) in [7, 11) is -3.08. The maximum atomic E-state index is 12.4. The summed E-state index contributed by atoms with van der Waals surface area (Å²) in [5.74, 6) is 0.607. The van der Waals surface area contributed by atoms with Crippen molar-refractivity contribution in [1.29, 1.82) is 0 Å². The first-order valence-electron chi connectivity index (χ1n) is 11.9. The van der Waals surface area contributed by atoms with Gasteiger partial charge in [0.25, 0.3) is 0 Å². The van der Waals surface area contributed by atoms with E-state index >= 15 is 0 Å². The third-order valence-corrected chi connectivity index (χ3v) is 6.44. The smallest absolute Gasteiger partial charge is 0.397 e. The Morgan fingerprint density at radius 1 is 1.00 bits per heavy atom. The number of aryl methyl sites for hydroxylation is 2. The Hall–Kier alpha value is -3.24. The van der Waals surface area contributed by atoms with Gasteiger partial charge >= 0.3 is 16.4 Å². The maximum absolute atomic E-state index is 12.4. The number of methoxy groups -OCH3 is 1. The number of benzene rings is 3. The standard InChI is InChI=1S/C28H33NO7S/c1-20-9-11-23(12-10-20)27(30)35-24-15-13-22(14-16-24)26(36-37(31,32)33)19-29-28(2,3)18-17-21-7-5-6-8-25(21)34-4/h5-16,26,29H,17-19H2,1-4H3,(H,31,32,33). The van der Waals surface area contributed by atoms with E-state index in [2.05, 4.69) is 5.32 Å². The number of ether oxygens (including phenoxy) is 2. The highest BCUT2D eigenvalue weighted by Crippen LogP contribution is 2.25. The lowest BCUT2D eigenvalue weighted by Crippen LogP contribution is -2.42. The molecule has 198 valence electrons. The molecule has 9 heteroatoms. The molecule has 1 unspecified atom stereocenters. The van der Waals surface area contributed by atoms with Crippen molar-refractivity contribution in [1.82, 2.24) is 5.32 Å². The van der Waals surface area contributed by atoms with E-state index in [1.54, 1.807) is 43.5 Å². The minimum atomic E-state index is -4.71. The molecule has 8 nitrogen and oxygen atoms in total. The average Bonchev–Trinajstić information content (AvgIpc) is 2.86. The predicted octanol–water partition coefficient (Wildman–Crippen LogP) is 5.08. The van der Waals surface area contributed by atoms with Crippen molar-refractivity contribution in [2.75, 3.05) is 13.7 Å². The maximum Gasteiger partial charge on any atom is 0.397 e. The van der Waals surface area contributed by atoms with Crippen LogP contribution in [-0.2, 0) is 21.0 Å². The van der Waals surface area contributed by atoms with Crippen LogP contribution in [0.2, 0.25) is 0 Å². The lowest BCUT2D eigenvalue weighted by molar-refractivity contribution is 0.0734. The number of hydrogen-bond acceptors (Lipinski definition) is 7. The highest BCUT2D eigenvalue weighted by Gasteiger charge is 2.24. The molecule has 0 aliphatic carbocycles. The summed E-state index contributed by atoms with van der Waals surface area (Å²) in [5, 5.41) is 3.33. The first-order valence-corrected chi connectivity index (χ1v) is 13.2. The second-order valence-corrected chi connectivity index (χ2v) is 10.5. The summed E-state index contributed by atoms with van der Waals surface area (Å²) in [5.41, 5.74) is 2.62. The van der Waals surface area contributed by atoms with E-state index in [0.717, 1.165) is 29.7 Å². The molecular weight excluding hydrogens is 494 g/mol. The van der Waals surface area contributed by atoms with Gasteiger partial charge in [0, 0.05) is 12.1 Å². The Morgan fingerprint density at radius 2 is 1.65 bits per heavy atom. The summed E-state index contributed by atoms with van der Waals surface area (Å²) >= 11 is 0. The number of para-hydroxylation sites is 1. The van der Waals surface area contributed by atoms with Crippen molar-refractivity contribution in [3.8, 4) is 11.5 Å². The first-order chi connectivity index (χ1) is 17.5. The highest BCUT2D eigenvalue weighted by atomic mass is 32.3. The molecule has 3 aromatic rings. The van der Waals surface area contributed by atoms with E-state index in [1.165, 1.54) is 0 Å². The molecular formula is C28H33NO7S. The molecule has 0 fully saturated rings. The Morgan fingerprint density at radius 3 is 2.27 bits per heavy atom. The predicted molar refractivity (Wildman–Crippen MR) is 141 cm³/mol. The van der Waals surface area contributed by atoms with E-state index < -0.39 is 22.5 Å². The van der Waals surface area contributed by atoms with E-state index in [0.29, 0.717) is 16.9 Å². The Bertz CT molecular complexity index is 1290. The van der Waals surface area contributed by atoms with Crippen LogP contribution in [0.5, 0.6) is 11.5 Å². The van der Waals surface area contributed by atoms with Crippen molar-refractivity contribution < 1.29 is 31.4 Å². The van der Waals surface area contributed by atoms with Gasteiger partial charge in [0.15, 0.2) is 0 Å². The molecule has 0 aromatic heterocycles. The van der Waals surface area contributed by atoms with Crippen LogP contribution in [0.4, 0.5) is 0 Å². The molecule has 2 N–H and O–H groups in total. The van der Waals surface area contributed by atoms with Crippen molar-refractivity contribution in [2.24, 2.45) is 0 Å². The van der Waals surface area contributed by atoms with Crippen LogP contribution in [0, 0.1) is 6.92 Å². The Labute approximate surface area is 218 Å². The molecule has 0 radical (unpaired) electrons. The van der Waals surface area contributed by atoms with E-state index in [1.807, 2.05) is 57.2 Å². The quantitative estimate of drug-likeness (QED) is 0.190. The second-order valence-electron chi connectivity index (χ2n) is 9.41. The zero-order valence-electron chi connectivity index (χ0n) is 21.4. The molecule has 0 saturated carbocycles. The monoisotopic (exact) mass is 527 g/mol. The third kappa shape index (κ3) is 8.98. The fraction of sp³-hybridized carbons (Fsp3) is 0.321. The zero-order valence-corrected chi connectivity index (χ0v) is 22.2. The molecule has 3 rings (SSSR count). The Balaban J connectivity index is 1.66. The van der Waals surface area contributed by atoms with Gasteiger partial charge in [-0.15, -0.1) is 0 Å². The Kier molecular flexibility index (Phi) is 9.45. The normalized spacial score (nSPS) is 12.7. The van der Waals surface area contributed by atoms with Gasteiger partial charge in [0.05, 0.1) is 12.7 Å². The first kappa shape index (κ1) is 28.3. The van der Waals surface area contributed by atoms with Crippen LogP contribution < -0.4 is 14.8 Å². The van der Waals surface area contributed by atoms with Gasteiger partial charge in [-0.25, -0.2) is 8.98 Å². The van der Waals surface area contributed by atoms with Gasteiger partial charge in [0.1, 0.15) is 17.6 Å². The molecule has 0 spiro atoms. The number of carbonyl (C=O) groups is 1. The lowest BCUT2D eigenvalue weighted by atomic mass is 9.94. The molecule has 0 aliphatic rings. The van der Waals surface area contributed by atoms with Gasteiger partial charge in [-0.2, -0.15) is 8.42 Å². The zero-order chi connectivity index (χ0) is 27.1. The van der Waals surface area contributed by atoms with E-state index in [9.17, 15) is 17.8 Å². The fourth-order valence-corrected chi connectivity index (χ4v) is 4.25. The summed E-state index contributed by atoms with van der Waals surface area (Å²) in [4.78, 5) is 12.4. The molecule has 1 atom stereocenters. The molecule has 0 amide bonds. The van der Waals surface area contributed by atoms with Crippen LogP contribution in [-0.4, -0.2) is 38.1 Å². The van der Waals surface area contributed by atoms with Crippen LogP contribution in [0.15, 0.2) is 72.8 Å². The topological polar surface area (TPSA) is 111 Å². The van der Waals surface area contributed by atoms with E-state index in [-0.39, 0.29) is 12.1 Å². The molecule has 0 heterocycles. The third-order valence-electron chi connectivity index (χ3n) is 5.97. The number of carbonyl (C=O) groups excluding carboxylic acids is 1. The molecule has 3 aromatic carbocycles. The van der Waals surface area contributed by atoms with Crippen molar-refractivity contribution in [3.05, 3.63) is 95.1 Å². The van der Waals surface area contributed by atoms with Crippen LogP contribution >= 0.6 is 0 Å². The summed E-state index contributed by atoms with van der Waals surface area (Å²) < 4.78 is 48.2.